The summed E-state index contributed by atoms with van der Waals surface area (Å²) >= 11 is 0. The van der Waals surface area contributed by atoms with E-state index in [-0.39, 0.29) is 18.4 Å². The number of carbonyl (C=O) groups excluding carboxylic acids is 2. The van der Waals surface area contributed by atoms with Gasteiger partial charge in [0.05, 0.1) is 0 Å². The van der Waals surface area contributed by atoms with E-state index in [9.17, 15) is 9.59 Å². The van der Waals surface area contributed by atoms with Crippen molar-refractivity contribution in [3.05, 3.63) is 65.5 Å². The third-order valence-corrected chi connectivity index (χ3v) is 5.36. The highest BCUT2D eigenvalue weighted by Crippen LogP contribution is 2.22. The summed E-state index contributed by atoms with van der Waals surface area (Å²) < 4.78 is 0. The van der Waals surface area contributed by atoms with Gasteiger partial charge in [-0.3, -0.25) is 19.5 Å². The van der Waals surface area contributed by atoms with E-state index in [1.165, 1.54) is 0 Å². The first kappa shape index (κ1) is 17.7. The molecular formula is C21H24N4O2. The summed E-state index contributed by atoms with van der Waals surface area (Å²) in [5.74, 6) is 0.00785. The zero-order valence-electron chi connectivity index (χ0n) is 15.4. The fourth-order valence-corrected chi connectivity index (χ4v) is 3.75. The first-order valence-corrected chi connectivity index (χ1v) is 9.48. The van der Waals surface area contributed by atoms with Crippen molar-refractivity contribution in [1.82, 2.24) is 19.7 Å². The molecule has 2 aliphatic heterocycles. The maximum Gasteiger partial charge on any atom is 0.254 e. The molecule has 0 spiro atoms. The van der Waals surface area contributed by atoms with Gasteiger partial charge in [-0.2, -0.15) is 0 Å². The average molecular weight is 364 g/mol. The number of carbonyl (C=O) groups is 2. The topological polar surface area (TPSA) is 56.8 Å². The van der Waals surface area contributed by atoms with Crippen molar-refractivity contribution in [2.45, 2.75) is 13.0 Å². The second-order valence-corrected chi connectivity index (χ2v) is 7.11. The lowest BCUT2D eigenvalue weighted by atomic mass is 10.1. The van der Waals surface area contributed by atoms with Crippen LogP contribution in [0.2, 0.25) is 0 Å². The van der Waals surface area contributed by atoms with Crippen molar-refractivity contribution in [3.63, 3.8) is 0 Å². The van der Waals surface area contributed by atoms with Crippen LogP contribution in [-0.2, 0) is 17.8 Å². The van der Waals surface area contributed by atoms with E-state index in [4.69, 9.17) is 0 Å². The van der Waals surface area contributed by atoms with Gasteiger partial charge in [-0.05, 0) is 23.8 Å². The molecule has 1 fully saturated rings. The van der Waals surface area contributed by atoms with Crippen LogP contribution in [0.1, 0.15) is 21.6 Å². The van der Waals surface area contributed by atoms with E-state index in [0.29, 0.717) is 6.54 Å². The minimum atomic E-state index is -0.0343. The number of rotatable bonds is 5. The van der Waals surface area contributed by atoms with Gasteiger partial charge < -0.3 is 9.80 Å². The normalized spacial score (nSPS) is 17.3. The largest absolute Gasteiger partial charge is 0.339 e. The Morgan fingerprint density at radius 2 is 1.78 bits per heavy atom. The zero-order chi connectivity index (χ0) is 18.6. The summed E-state index contributed by atoms with van der Waals surface area (Å²) in [5.41, 5.74) is 2.84. The Morgan fingerprint density at radius 1 is 1.00 bits per heavy atom. The lowest BCUT2D eigenvalue weighted by Crippen LogP contribution is -2.51. The maximum absolute atomic E-state index is 12.6. The molecule has 0 aliphatic carbocycles. The zero-order valence-corrected chi connectivity index (χ0v) is 15.4. The number of nitrogens with zero attached hydrogens (tertiary/aromatic N) is 4. The fraction of sp³-hybridized carbons (Fsp3) is 0.381. The Morgan fingerprint density at radius 3 is 2.52 bits per heavy atom. The van der Waals surface area contributed by atoms with Gasteiger partial charge in [-0.15, -0.1) is 0 Å². The first-order chi connectivity index (χ1) is 13.2. The van der Waals surface area contributed by atoms with Gasteiger partial charge in [-0.25, -0.2) is 0 Å². The second kappa shape index (κ2) is 7.88. The number of aromatic nitrogens is 1. The van der Waals surface area contributed by atoms with E-state index in [1.807, 2.05) is 53.6 Å². The van der Waals surface area contributed by atoms with Gasteiger partial charge in [0.15, 0.2) is 0 Å². The molecule has 140 valence electrons. The third-order valence-electron chi connectivity index (χ3n) is 5.36. The molecule has 0 atom stereocenters. The van der Waals surface area contributed by atoms with E-state index >= 15 is 0 Å². The maximum atomic E-state index is 12.6. The number of hydrogen-bond acceptors (Lipinski definition) is 4. The van der Waals surface area contributed by atoms with Crippen molar-refractivity contribution in [3.8, 4) is 0 Å². The van der Waals surface area contributed by atoms with Gasteiger partial charge in [0.25, 0.3) is 5.91 Å². The van der Waals surface area contributed by atoms with Gasteiger partial charge in [0, 0.05) is 63.1 Å². The molecule has 0 N–H and O–H groups in total. The molecule has 0 bridgehead atoms. The molecule has 0 radical (unpaired) electrons. The van der Waals surface area contributed by atoms with Crippen LogP contribution in [0.25, 0.3) is 0 Å². The minimum absolute atomic E-state index is 0.0343. The van der Waals surface area contributed by atoms with Crippen LogP contribution < -0.4 is 0 Å². The van der Waals surface area contributed by atoms with Crippen LogP contribution in [0.15, 0.2) is 48.7 Å². The third kappa shape index (κ3) is 4.01. The van der Waals surface area contributed by atoms with Crippen molar-refractivity contribution in [2.75, 3.05) is 39.3 Å². The molecule has 1 aromatic heterocycles. The number of hydrogen-bond donors (Lipinski definition) is 0. The molecule has 27 heavy (non-hydrogen) atoms. The lowest BCUT2D eigenvalue weighted by Gasteiger charge is -2.35. The summed E-state index contributed by atoms with van der Waals surface area (Å²) in [6.45, 7) is 4.83. The highest BCUT2D eigenvalue weighted by atomic mass is 16.2. The SMILES string of the molecule is O=C(CN1Cc2ccccc2C1=O)N1CCN(CCc2ccccn2)CC1. The molecule has 2 aromatic rings. The van der Waals surface area contributed by atoms with Crippen LogP contribution in [0.3, 0.4) is 0 Å². The van der Waals surface area contributed by atoms with Gasteiger partial charge in [0.1, 0.15) is 6.54 Å². The summed E-state index contributed by atoms with van der Waals surface area (Å²) in [6, 6.07) is 13.6. The molecule has 0 unspecified atom stereocenters. The van der Waals surface area contributed by atoms with Crippen molar-refractivity contribution in [1.29, 1.82) is 0 Å². The van der Waals surface area contributed by atoms with Gasteiger partial charge in [-0.1, -0.05) is 24.3 Å². The van der Waals surface area contributed by atoms with Crippen LogP contribution in [0.5, 0.6) is 0 Å². The quantitative estimate of drug-likeness (QED) is 0.805. The molecule has 4 rings (SSSR count). The molecule has 1 saturated heterocycles. The van der Waals surface area contributed by atoms with Crippen LogP contribution in [0, 0.1) is 0 Å². The smallest absolute Gasteiger partial charge is 0.254 e. The number of piperazine rings is 1. The standard InChI is InChI=1S/C21H24N4O2/c26-20(16-25-15-17-5-1-2-7-19(17)21(25)27)24-13-11-23(12-14-24)10-8-18-6-3-4-9-22-18/h1-7,9H,8,10-16H2. The van der Waals surface area contributed by atoms with Crippen LogP contribution >= 0.6 is 0 Å². The highest BCUT2D eigenvalue weighted by Gasteiger charge is 2.30. The molecule has 3 heterocycles. The Kier molecular flexibility index (Phi) is 5.16. The van der Waals surface area contributed by atoms with E-state index in [0.717, 1.165) is 56.0 Å². The summed E-state index contributed by atoms with van der Waals surface area (Å²) in [7, 11) is 0. The Balaban J connectivity index is 1.24. The molecule has 1 aromatic carbocycles. The predicted octanol–water partition coefficient (Wildman–Crippen LogP) is 1.42. The fourth-order valence-electron chi connectivity index (χ4n) is 3.75. The highest BCUT2D eigenvalue weighted by molar-refractivity contribution is 6.00. The van der Waals surface area contributed by atoms with Crippen molar-refractivity contribution >= 4 is 11.8 Å². The van der Waals surface area contributed by atoms with Crippen molar-refractivity contribution < 1.29 is 9.59 Å². The van der Waals surface area contributed by atoms with Crippen LogP contribution in [-0.4, -0.2) is 70.8 Å². The summed E-state index contributed by atoms with van der Waals surface area (Å²) in [6.07, 6.45) is 2.75. The molecule has 0 saturated carbocycles. The number of pyridine rings is 1. The molecule has 6 nitrogen and oxygen atoms in total. The van der Waals surface area contributed by atoms with Crippen LogP contribution in [0.4, 0.5) is 0 Å². The van der Waals surface area contributed by atoms with Gasteiger partial charge in [0.2, 0.25) is 5.91 Å². The Bertz CT molecular complexity index is 816. The predicted molar refractivity (Wildman–Crippen MR) is 102 cm³/mol. The molecule has 2 aliphatic rings. The molecule has 2 amide bonds. The number of benzene rings is 1. The molecular weight excluding hydrogens is 340 g/mol. The number of fused-ring (bicyclic) bond motifs is 1. The van der Waals surface area contributed by atoms with Gasteiger partial charge >= 0.3 is 0 Å². The molecule has 6 heteroatoms. The van der Waals surface area contributed by atoms with E-state index in [1.54, 1.807) is 4.90 Å². The summed E-state index contributed by atoms with van der Waals surface area (Å²) in [4.78, 5) is 35.3. The second-order valence-electron chi connectivity index (χ2n) is 7.11. The monoisotopic (exact) mass is 364 g/mol. The summed E-state index contributed by atoms with van der Waals surface area (Å²) in [5, 5.41) is 0. The first-order valence-electron chi connectivity index (χ1n) is 9.48. The van der Waals surface area contributed by atoms with E-state index < -0.39 is 0 Å². The average Bonchev–Trinajstić information content (AvgIpc) is 3.03. The Hall–Kier alpha value is -2.73. The Labute approximate surface area is 159 Å². The number of amides is 2. The van der Waals surface area contributed by atoms with E-state index in [2.05, 4.69) is 9.88 Å². The lowest BCUT2D eigenvalue weighted by molar-refractivity contribution is -0.133. The minimum Gasteiger partial charge on any atom is -0.339 e. The van der Waals surface area contributed by atoms with Crippen molar-refractivity contribution in [2.24, 2.45) is 0 Å².